The average Bonchev–Trinajstić information content (AvgIpc) is 2.86. The summed E-state index contributed by atoms with van der Waals surface area (Å²) < 4.78 is 26.4. The zero-order valence-electron chi connectivity index (χ0n) is 21.6. The highest BCUT2D eigenvalue weighted by Crippen LogP contribution is 2.36. The van der Waals surface area contributed by atoms with E-state index < -0.39 is 17.1 Å². The lowest BCUT2D eigenvalue weighted by molar-refractivity contribution is -0.118. The van der Waals surface area contributed by atoms with Crippen molar-refractivity contribution in [2.45, 2.75) is 26.2 Å². The van der Waals surface area contributed by atoms with Crippen molar-refractivity contribution < 1.29 is 18.7 Å². The van der Waals surface area contributed by atoms with E-state index in [1.54, 1.807) is 30.3 Å². The molecule has 8 nitrogen and oxygen atoms in total. The molecule has 0 radical (unpaired) electrons. The first-order valence-electron chi connectivity index (χ1n) is 11.8. The van der Waals surface area contributed by atoms with Crippen molar-refractivity contribution in [3.8, 4) is 11.5 Å². The van der Waals surface area contributed by atoms with Crippen LogP contribution in [0, 0.1) is 5.82 Å². The van der Waals surface area contributed by atoms with Crippen LogP contribution in [0.15, 0.2) is 69.0 Å². The topological polar surface area (TPSA) is 94.8 Å². The predicted molar refractivity (Wildman–Crippen MR) is 154 cm³/mol. The number of ether oxygens (including phenoxy) is 2. The summed E-state index contributed by atoms with van der Waals surface area (Å²) in [5, 5.41) is 7.58. The number of aromatic nitrogens is 2. The number of carbonyl (C=O) groups excluding carboxylic acids is 1. The number of halogens is 3. The van der Waals surface area contributed by atoms with Gasteiger partial charge >= 0.3 is 0 Å². The Labute approximate surface area is 237 Å². The molecule has 3 aromatic carbocycles. The standard InChI is InChI=1S/C28H25BrClFN4O4/c1-28(2,3)27-34-22-9-8-17(29)12-20(22)26(37)35(27)32-14-16-10-21(30)25(23(11-16)38-4)39-15-24(36)33-19-7-5-6-18(31)13-19/h5-14H,15H2,1-4H3,(H,33,36). The molecular weight excluding hydrogens is 591 g/mol. The van der Waals surface area contributed by atoms with Gasteiger partial charge in [-0.05, 0) is 54.1 Å². The van der Waals surface area contributed by atoms with Crippen LogP contribution in [0.5, 0.6) is 11.5 Å². The molecule has 202 valence electrons. The van der Waals surface area contributed by atoms with Gasteiger partial charge in [0.1, 0.15) is 11.6 Å². The molecule has 0 bridgehead atoms. The first kappa shape index (κ1) is 28.3. The second-order valence-corrected chi connectivity index (χ2v) is 10.9. The van der Waals surface area contributed by atoms with Crippen molar-refractivity contribution in [1.29, 1.82) is 0 Å². The van der Waals surface area contributed by atoms with Crippen LogP contribution in [0.25, 0.3) is 10.9 Å². The van der Waals surface area contributed by atoms with E-state index in [1.807, 2.05) is 26.8 Å². The van der Waals surface area contributed by atoms with Crippen molar-refractivity contribution in [3.05, 3.63) is 91.7 Å². The summed E-state index contributed by atoms with van der Waals surface area (Å²) in [6.45, 7) is 5.45. The molecule has 0 aliphatic carbocycles. The molecule has 0 aliphatic rings. The summed E-state index contributed by atoms with van der Waals surface area (Å²) in [6, 6.07) is 14.0. The van der Waals surface area contributed by atoms with E-state index >= 15 is 0 Å². The maximum atomic E-state index is 13.4. The number of fused-ring (bicyclic) bond motifs is 1. The van der Waals surface area contributed by atoms with Gasteiger partial charge in [0.15, 0.2) is 18.1 Å². The number of anilines is 1. The Kier molecular flexibility index (Phi) is 8.36. The van der Waals surface area contributed by atoms with Gasteiger partial charge in [-0.15, -0.1) is 0 Å². The third-order valence-electron chi connectivity index (χ3n) is 5.51. The molecule has 1 N–H and O–H groups in total. The number of benzene rings is 3. The number of hydrogen-bond donors (Lipinski definition) is 1. The third-order valence-corrected chi connectivity index (χ3v) is 6.28. The largest absolute Gasteiger partial charge is 0.493 e. The van der Waals surface area contributed by atoms with E-state index in [9.17, 15) is 14.0 Å². The first-order chi connectivity index (χ1) is 18.5. The zero-order valence-corrected chi connectivity index (χ0v) is 23.9. The maximum absolute atomic E-state index is 13.4. The van der Waals surface area contributed by atoms with Crippen LogP contribution in [0.4, 0.5) is 10.1 Å². The number of methoxy groups -OCH3 is 1. The average molecular weight is 616 g/mol. The number of nitrogens with zero attached hydrogens (tertiary/aromatic N) is 3. The Morgan fingerprint density at radius 3 is 2.67 bits per heavy atom. The fourth-order valence-corrected chi connectivity index (χ4v) is 4.36. The van der Waals surface area contributed by atoms with Gasteiger partial charge < -0.3 is 14.8 Å². The van der Waals surface area contributed by atoms with Crippen molar-refractivity contribution in [3.63, 3.8) is 0 Å². The van der Waals surface area contributed by atoms with E-state index in [1.165, 1.54) is 36.2 Å². The van der Waals surface area contributed by atoms with Crippen LogP contribution in [0.2, 0.25) is 5.02 Å². The van der Waals surface area contributed by atoms with E-state index in [-0.39, 0.29) is 28.7 Å². The Hall–Kier alpha value is -3.76. The van der Waals surface area contributed by atoms with Crippen LogP contribution >= 0.6 is 27.5 Å². The second-order valence-electron chi connectivity index (χ2n) is 9.59. The van der Waals surface area contributed by atoms with Gasteiger partial charge in [0.05, 0.1) is 29.2 Å². The van der Waals surface area contributed by atoms with Crippen LogP contribution in [-0.4, -0.2) is 35.5 Å². The number of hydrogen-bond acceptors (Lipinski definition) is 6. The molecule has 11 heteroatoms. The molecule has 0 atom stereocenters. The third kappa shape index (κ3) is 6.63. The van der Waals surface area contributed by atoms with Crippen LogP contribution in [0.3, 0.4) is 0 Å². The highest BCUT2D eigenvalue weighted by molar-refractivity contribution is 9.10. The normalized spacial score (nSPS) is 11.7. The highest BCUT2D eigenvalue weighted by atomic mass is 79.9. The van der Waals surface area contributed by atoms with E-state index in [0.29, 0.717) is 28.0 Å². The molecule has 0 aliphatic heterocycles. The zero-order chi connectivity index (χ0) is 28.3. The summed E-state index contributed by atoms with van der Waals surface area (Å²) in [5.41, 5.74) is 0.608. The monoisotopic (exact) mass is 614 g/mol. The van der Waals surface area contributed by atoms with Crippen LogP contribution in [0.1, 0.15) is 32.2 Å². The number of amides is 1. The SMILES string of the molecule is COc1cc(C=Nn2c(C(C)(C)C)nc3ccc(Br)cc3c2=O)cc(Cl)c1OCC(=O)Nc1cccc(F)c1. The highest BCUT2D eigenvalue weighted by Gasteiger charge is 2.23. The molecule has 0 unspecified atom stereocenters. The minimum Gasteiger partial charge on any atom is -0.493 e. The second kappa shape index (κ2) is 11.5. The first-order valence-corrected chi connectivity index (χ1v) is 13.0. The minimum atomic E-state index is -0.506. The van der Waals surface area contributed by atoms with E-state index in [0.717, 1.165) is 4.47 Å². The van der Waals surface area contributed by atoms with Gasteiger partial charge in [0.2, 0.25) is 0 Å². The smallest absolute Gasteiger partial charge is 0.282 e. The summed E-state index contributed by atoms with van der Waals surface area (Å²) in [6.07, 6.45) is 1.47. The molecule has 0 saturated heterocycles. The molecule has 0 saturated carbocycles. The molecule has 4 aromatic rings. The van der Waals surface area contributed by atoms with Gasteiger partial charge in [-0.3, -0.25) is 9.59 Å². The van der Waals surface area contributed by atoms with Crippen molar-refractivity contribution in [2.24, 2.45) is 5.10 Å². The molecule has 1 aromatic heterocycles. The minimum absolute atomic E-state index is 0.149. The predicted octanol–water partition coefficient (Wildman–Crippen LogP) is 6.16. The number of nitrogens with one attached hydrogen (secondary N) is 1. The molecule has 4 rings (SSSR count). The van der Waals surface area contributed by atoms with Crippen LogP contribution < -0.4 is 20.3 Å². The fourth-order valence-electron chi connectivity index (χ4n) is 3.72. The van der Waals surface area contributed by atoms with Crippen molar-refractivity contribution >= 4 is 56.2 Å². The van der Waals surface area contributed by atoms with Crippen LogP contribution in [-0.2, 0) is 10.2 Å². The fraction of sp³-hybridized carbons (Fsp3) is 0.214. The van der Waals surface area contributed by atoms with Gasteiger partial charge in [0, 0.05) is 15.6 Å². The summed E-state index contributed by atoms with van der Waals surface area (Å²) in [4.78, 5) is 30.4. The number of carbonyl (C=O) groups is 1. The maximum Gasteiger partial charge on any atom is 0.282 e. The summed E-state index contributed by atoms with van der Waals surface area (Å²) in [5.74, 6) is -0.0864. The summed E-state index contributed by atoms with van der Waals surface area (Å²) >= 11 is 9.86. The quantitative estimate of drug-likeness (QED) is 0.252. The summed E-state index contributed by atoms with van der Waals surface area (Å²) in [7, 11) is 1.43. The van der Waals surface area contributed by atoms with E-state index in [2.05, 4.69) is 26.3 Å². The Morgan fingerprint density at radius 1 is 1.21 bits per heavy atom. The van der Waals surface area contributed by atoms with E-state index in [4.69, 9.17) is 26.1 Å². The molecule has 0 fully saturated rings. The molecule has 39 heavy (non-hydrogen) atoms. The van der Waals surface area contributed by atoms with Gasteiger partial charge in [-0.1, -0.05) is 54.4 Å². The van der Waals surface area contributed by atoms with Crippen molar-refractivity contribution in [2.75, 3.05) is 19.0 Å². The Bertz CT molecular complexity index is 1650. The molecule has 1 amide bonds. The Balaban J connectivity index is 1.62. The lowest BCUT2D eigenvalue weighted by Gasteiger charge is -2.21. The molecule has 0 spiro atoms. The van der Waals surface area contributed by atoms with Crippen molar-refractivity contribution in [1.82, 2.24) is 9.66 Å². The van der Waals surface area contributed by atoms with Gasteiger partial charge in [0.25, 0.3) is 11.5 Å². The Morgan fingerprint density at radius 2 is 1.97 bits per heavy atom. The van der Waals surface area contributed by atoms with Gasteiger partial charge in [-0.2, -0.15) is 9.78 Å². The molecular formula is C28H25BrClFN4O4. The number of rotatable bonds is 7. The molecule has 1 heterocycles. The lowest BCUT2D eigenvalue weighted by Crippen LogP contribution is -2.29. The lowest BCUT2D eigenvalue weighted by atomic mass is 9.95. The van der Waals surface area contributed by atoms with Gasteiger partial charge in [-0.25, -0.2) is 9.37 Å².